The van der Waals surface area contributed by atoms with Gasteiger partial charge in [0.15, 0.2) is 5.69 Å². The number of fused-ring (bicyclic) bond motifs is 4. The van der Waals surface area contributed by atoms with Crippen LogP contribution in [0, 0.1) is 17.5 Å². The molecule has 1 unspecified atom stereocenters. The second kappa shape index (κ2) is 10.4. The van der Waals surface area contributed by atoms with E-state index in [4.69, 9.17) is 8.92 Å². The summed E-state index contributed by atoms with van der Waals surface area (Å²) in [7, 11) is 1.83. The summed E-state index contributed by atoms with van der Waals surface area (Å²) in [6.45, 7) is 1.41. The van der Waals surface area contributed by atoms with Gasteiger partial charge >= 0.3 is 109 Å². The van der Waals surface area contributed by atoms with Crippen molar-refractivity contribution in [3.8, 4) is 5.75 Å². The maximum absolute atomic E-state index is 13.8. The Balaban J connectivity index is 0.000000152. The van der Waals surface area contributed by atoms with Crippen LogP contribution in [0.3, 0.4) is 0 Å². The van der Waals surface area contributed by atoms with E-state index in [1.165, 1.54) is 6.07 Å². The first kappa shape index (κ1) is 25.7. The van der Waals surface area contributed by atoms with Crippen molar-refractivity contribution in [1.82, 2.24) is 9.58 Å². The van der Waals surface area contributed by atoms with E-state index in [-0.39, 0.29) is 49.5 Å². The summed E-state index contributed by atoms with van der Waals surface area (Å²) >= 11 is 3.69. The normalized spacial score (nSPS) is 18.0. The standard InChI is InChI=1S/C14H9F3Se.C11H13N3O4S/c15-11-6-12(16)14(17)10-7-18-13-4-2-1-3-8(13)5-9(10)11;1-12-8-6-17-5-4-13(8)11(16)9-10(18-19)7(15)2-3-14(9)12/h1-4,6H,5,7H2;2-3,8,19H,4-6H2,1H3. The predicted molar refractivity (Wildman–Crippen MR) is 135 cm³/mol. The van der Waals surface area contributed by atoms with Crippen molar-refractivity contribution < 1.29 is 26.9 Å². The Hall–Kier alpha value is -2.92. The van der Waals surface area contributed by atoms with Crippen LogP contribution in [-0.2, 0) is 16.5 Å². The number of aromatic nitrogens is 1. The second-order valence-corrected chi connectivity index (χ2v) is 10.9. The van der Waals surface area contributed by atoms with Crippen molar-refractivity contribution in [2.24, 2.45) is 0 Å². The van der Waals surface area contributed by atoms with Crippen LogP contribution < -0.4 is 19.1 Å². The zero-order chi connectivity index (χ0) is 26.3. The molecule has 0 radical (unpaired) electrons. The number of carbonyl (C=O) groups excluding carboxylic acids is 1. The van der Waals surface area contributed by atoms with Crippen LogP contribution in [0.5, 0.6) is 5.75 Å². The van der Waals surface area contributed by atoms with E-state index < -0.39 is 17.5 Å². The summed E-state index contributed by atoms with van der Waals surface area (Å²) in [5.41, 5.74) is 1.36. The molecule has 1 saturated heterocycles. The van der Waals surface area contributed by atoms with Gasteiger partial charge in [0.1, 0.15) is 6.17 Å². The van der Waals surface area contributed by atoms with Crippen LogP contribution in [0.2, 0.25) is 0 Å². The molecular formula is C25H22F3N3O4SSe. The van der Waals surface area contributed by atoms with Gasteiger partial charge in [-0.3, -0.25) is 19.3 Å². The van der Waals surface area contributed by atoms with E-state index >= 15 is 0 Å². The third-order valence-corrected chi connectivity index (χ3v) is 9.14. The fourth-order valence-electron chi connectivity index (χ4n) is 4.63. The summed E-state index contributed by atoms with van der Waals surface area (Å²) < 4.78 is 53.7. The third kappa shape index (κ3) is 4.63. The molecule has 4 heterocycles. The topological polar surface area (TPSA) is 64.0 Å². The minimum atomic E-state index is -1.09. The molecule has 0 aliphatic carbocycles. The number of pyridine rings is 1. The molecule has 12 heteroatoms. The monoisotopic (exact) mass is 597 g/mol. The van der Waals surface area contributed by atoms with Crippen molar-refractivity contribution in [2.75, 3.05) is 31.8 Å². The number of nitrogens with zero attached hydrogens (tertiary/aromatic N) is 3. The predicted octanol–water partition coefficient (Wildman–Crippen LogP) is 1.99. The van der Waals surface area contributed by atoms with Gasteiger partial charge in [-0.15, -0.1) is 0 Å². The van der Waals surface area contributed by atoms with Crippen molar-refractivity contribution in [1.29, 1.82) is 0 Å². The van der Waals surface area contributed by atoms with Crippen LogP contribution >= 0.6 is 12.9 Å². The van der Waals surface area contributed by atoms with Gasteiger partial charge in [-0.05, 0) is 0 Å². The summed E-state index contributed by atoms with van der Waals surface area (Å²) in [6, 6.07) is 9.70. The Labute approximate surface area is 222 Å². The number of halogens is 3. The molecule has 3 aliphatic rings. The molecule has 37 heavy (non-hydrogen) atoms. The molecule has 2 aromatic carbocycles. The SMILES string of the molecule is CN1C2COCCN2C(=O)c2c(OS)c(=O)ccn21.Fc1cc(F)c2c(c1F)C[Se]c1ccccc1C2. The quantitative estimate of drug-likeness (QED) is 0.202. The Morgan fingerprint density at radius 2 is 1.89 bits per heavy atom. The number of likely N-dealkylation sites (N-methyl/N-ethyl adjacent to an activating group) is 1. The van der Waals surface area contributed by atoms with E-state index in [0.29, 0.717) is 43.1 Å². The fraction of sp³-hybridized carbons (Fsp3) is 0.280. The Morgan fingerprint density at radius 1 is 1.11 bits per heavy atom. The van der Waals surface area contributed by atoms with Gasteiger partial charge in [-0.1, -0.05) is 0 Å². The van der Waals surface area contributed by atoms with Gasteiger partial charge in [0.25, 0.3) is 5.91 Å². The van der Waals surface area contributed by atoms with Crippen LogP contribution in [0.25, 0.3) is 0 Å². The summed E-state index contributed by atoms with van der Waals surface area (Å²) in [4.78, 5) is 25.9. The second-order valence-electron chi connectivity index (χ2n) is 8.61. The number of carbonyl (C=O) groups is 1. The summed E-state index contributed by atoms with van der Waals surface area (Å²) in [5, 5.41) is 2.24. The molecule has 6 rings (SSSR count). The van der Waals surface area contributed by atoms with Crippen LogP contribution in [-0.4, -0.2) is 63.4 Å². The molecule has 0 bridgehead atoms. The van der Waals surface area contributed by atoms with E-state index in [0.717, 1.165) is 10.0 Å². The van der Waals surface area contributed by atoms with Gasteiger partial charge in [-0.2, -0.15) is 0 Å². The van der Waals surface area contributed by atoms with Crippen LogP contribution in [0.15, 0.2) is 47.4 Å². The molecular weight excluding hydrogens is 574 g/mol. The molecule has 1 atom stereocenters. The minimum absolute atomic E-state index is 0.0168. The molecule has 194 valence electrons. The van der Waals surface area contributed by atoms with Gasteiger partial charge < -0.3 is 13.8 Å². The van der Waals surface area contributed by atoms with Gasteiger partial charge in [-0.25, -0.2) is 0 Å². The molecule has 0 saturated carbocycles. The number of amides is 1. The van der Waals surface area contributed by atoms with E-state index in [1.54, 1.807) is 15.8 Å². The Kier molecular flexibility index (Phi) is 7.26. The van der Waals surface area contributed by atoms with E-state index in [1.807, 2.05) is 36.3 Å². The number of ether oxygens (including phenoxy) is 1. The average Bonchev–Trinajstić information content (AvgIpc) is 3.11. The first-order chi connectivity index (χ1) is 17.8. The number of benzene rings is 2. The van der Waals surface area contributed by atoms with Gasteiger partial charge in [0.2, 0.25) is 11.2 Å². The Bertz CT molecular complexity index is 1440. The Morgan fingerprint density at radius 3 is 2.68 bits per heavy atom. The molecule has 3 aromatic rings. The average molecular weight is 596 g/mol. The maximum atomic E-state index is 13.8. The van der Waals surface area contributed by atoms with Crippen molar-refractivity contribution >= 4 is 38.2 Å². The van der Waals surface area contributed by atoms with Crippen molar-refractivity contribution in [3.05, 3.63) is 92.7 Å². The molecule has 3 aliphatic heterocycles. The molecule has 1 fully saturated rings. The van der Waals surface area contributed by atoms with Crippen molar-refractivity contribution in [2.45, 2.75) is 17.9 Å². The van der Waals surface area contributed by atoms with E-state index in [9.17, 15) is 22.8 Å². The molecule has 0 N–H and O–H groups in total. The fourth-order valence-corrected chi connectivity index (χ4v) is 7.11. The molecule has 1 amide bonds. The number of rotatable bonds is 1. The first-order valence-electron chi connectivity index (χ1n) is 11.4. The van der Waals surface area contributed by atoms with Crippen LogP contribution in [0.1, 0.15) is 27.2 Å². The van der Waals surface area contributed by atoms with E-state index in [2.05, 4.69) is 12.9 Å². The zero-order valence-corrected chi connectivity index (χ0v) is 22.2. The number of hydrogen-bond donors (Lipinski definition) is 1. The van der Waals surface area contributed by atoms with Crippen molar-refractivity contribution in [3.63, 3.8) is 0 Å². The molecule has 0 spiro atoms. The van der Waals surface area contributed by atoms with Gasteiger partial charge in [0, 0.05) is 38.8 Å². The first-order valence-corrected chi connectivity index (χ1v) is 13.8. The van der Waals surface area contributed by atoms with Gasteiger partial charge in [0.05, 0.1) is 13.2 Å². The van der Waals surface area contributed by atoms with Crippen LogP contribution in [0.4, 0.5) is 13.2 Å². The third-order valence-electron chi connectivity index (χ3n) is 6.56. The molecule has 1 aromatic heterocycles. The number of hydrogen-bond acceptors (Lipinski definition) is 6. The summed E-state index contributed by atoms with van der Waals surface area (Å²) in [5.74, 6) is -2.91. The molecule has 7 nitrogen and oxygen atoms in total. The number of morpholine rings is 1. The summed E-state index contributed by atoms with van der Waals surface area (Å²) in [6.07, 6.45) is 1.72. The number of thiol groups is 1. The zero-order valence-electron chi connectivity index (χ0n) is 19.6.